The molecule has 2 heterocycles. The van der Waals surface area contributed by atoms with Crippen LogP contribution in [0.3, 0.4) is 0 Å². The van der Waals surface area contributed by atoms with E-state index in [9.17, 15) is 4.39 Å². The Morgan fingerprint density at radius 2 is 1.89 bits per heavy atom. The second-order valence-corrected chi connectivity index (χ2v) is 4.94. The number of ether oxygens (including phenoxy) is 1. The summed E-state index contributed by atoms with van der Waals surface area (Å²) in [5.74, 6) is -0.217. The molecule has 1 aliphatic heterocycles. The highest BCUT2D eigenvalue weighted by atomic mass is 19.1. The lowest BCUT2D eigenvalue weighted by molar-refractivity contribution is 0.0703. The number of aromatic nitrogens is 2. The maximum atomic E-state index is 13.0. The first-order chi connectivity index (χ1) is 9.25. The van der Waals surface area contributed by atoms with Crippen LogP contribution in [0, 0.1) is 5.82 Å². The summed E-state index contributed by atoms with van der Waals surface area (Å²) in [7, 11) is 2.07. The molecule has 0 saturated carbocycles. The third kappa shape index (κ3) is 2.43. The molecule has 0 atom stereocenters. The van der Waals surface area contributed by atoms with E-state index in [4.69, 9.17) is 4.74 Å². The summed E-state index contributed by atoms with van der Waals surface area (Å²) >= 11 is 0. The van der Waals surface area contributed by atoms with E-state index >= 15 is 0 Å². The molecule has 0 aliphatic carbocycles. The monoisotopic (exact) mass is 258 g/mol. The quantitative estimate of drug-likeness (QED) is 0.759. The normalized spacial score (nSPS) is 16.7. The largest absolute Gasteiger partial charge is 0.381 e. The molecule has 0 N–H and O–H groups in total. The van der Waals surface area contributed by atoms with Crippen LogP contribution in [-0.2, 0) is 4.74 Å². The number of hydrogen-bond donors (Lipinski definition) is 0. The number of benzene rings is 1. The fourth-order valence-electron chi connectivity index (χ4n) is 2.64. The highest BCUT2D eigenvalue weighted by Gasteiger charge is 2.19. The zero-order valence-electron chi connectivity index (χ0n) is 11.0. The van der Waals surface area contributed by atoms with Crippen molar-refractivity contribution >= 4 is 13.4 Å². The highest BCUT2D eigenvalue weighted by Crippen LogP contribution is 2.22. The van der Waals surface area contributed by atoms with Crippen LogP contribution < -0.4 is 5.59 Å². The Hall–Kier alpha value is -1.62. The molecule has 1 aromatic heterocycles. The first-order valence-corrected chi connectivity index (χ1v) is 6.63. The summed E-state index contributed by atoms with van der Waals surface area (Å²) in [6.07, 6.45) is 3.95. The van der Waals surface area contributed by atoms with Crippen LogP contribution in [0.2, 0.25) is 0 Å². The van der Waals surface area contributed by atoms with Crippen LogP contribution in [0.15, 0.2) is 30.6 Å². The van der Waals surface area contributed by atoms with E-state index in [1.807, 2.05) is 6.33 Å². The fraction of sp³-hybridized carbons (Fsp3) is 0.357. The predicted octanol–water partition coefficient (Wildman–Crippen LogP) is 1.30. The molecule has 0 radical (unpaired) electrons. The Balaban J connectivity index is 1.91. The van der Waals surface area contributed by atoms with Gasteiger partial charge < -0.3 is 9.30 Å². The molecule has 98 valence electrons. The minimum atomic E-state index is -0.217. The first-order valence-electron chi connectivity index (χ1n) is 6.63. The Labute approximate surface area is 112 Å². The summed E-state index contributed by atoms with van der Waals surface area (Å²) in [4.78, 5) is 4.49. The van der Waals surface area contributed by atoms with Crippen LogP contribution in [0.5, 0.6) is 0 Å². The second kappa shape index (κ2) is 5.17. The average molecular weight is 258 g/mol. The van der Waals surface area contributed by atoms with E-state index in [0.717, 1.165) is 42.9 Å². The Kier molecular flexibility index (Phi) is 3.38. The summed E-state index contributed by atoms with van der Waals surface area (Å²) in [6.45, 7) is 1.63. The van der Waals surface area contributed by atoms with E-state index < -0.39 is 0 Å². The van der Waals surface area contributed by atoms with Crippen molar-refractivity contribution in [3.05, 3.63) is 36.4 Å². The maximum Gasteiger partial charge on any atom is 0.164 e. The lowest BCUT2D eigenvalue weighted by Crippen LogP contribution is -2.27. The van der Waals surface area contributed by atoms with Crippen LogP contribution >= 0.6 is 0 Å². The molecule has 1 fully saturated rings. The highest BCUT2D eigenvalue weighted by molar-refractivity contribution is 6.34. The van der Waals surface area contributed by atoms with Crippen LogP contribution in [-0.4, -0.2) is 30.6 Å². The van der Waals surface area contributed by atoms with Gasteiger partial charge >= 0.3 is 0 Å². The van der Waals surface area contributed by atoms with Gasteiger partial charge in [-0.1, -0.05) is 0 Å². The van der Waals surface area contributed by atoms with Crippen LogP contribution in [0.4, 0.5) is 4.39 Å². The summed E-state index contributed by atoms with van der Waals surface area (Å²) in [5, 5.41) is 0. The number of hydrogen-bond acceptors (Lipinski definition) is 2. The van der Waals surface area contributed by atoms with Crippen LogP contribution in [0.1, 0.15) is 18.9 Å². The van der Waals surface area contributed by atoms with Crippen molar-refractivity contribution in [3.63, 3.8) is 0 Å². The molecule has 1 aromatic carbocycles. The standard InChI is InChI=1S/C14H16BFN2O/c15-14-13(10-1-3-11(16)4-2-10)17-9-18(14)12-5-7-19-8-6-12/h1-4,9,12H,5-8,15H2. The first kappa shape index (κ1) is 12.4. The van der Waals surface area contributed by atoms with Gasteiger partial charge in [-0.25, -0.2) is 9.37 Å². The molecule has 1 aliphatic rings. The zero-order valence-corrected chi connectivity index (χ0v) is 11.0. The van der Waals surface area contributed by atoms with Gasteiger partial charge in [0.1, 0.15) is 5.82 Å². The summed E-state index contributed by atoms with van der Waals surface area (Å²) in [6, 6.07) is 6.97. The van der Waals surface area contributed by atoms with Gasteiger partial charge in [0.25, 0.3) is 0 Å². The molecule has 0 amide bonds. The van der Waals surface area contributed by atoms with Gasteiger partial charge in [-0.2, -0.15) is 0 Å². The fourth-order valence-corrected chi connectivity index (χ4v) is 2.64. The average Bonchev–Trinajstić information content (AvgIpc) is 2.83. The van der Waals surface area contributed by atoms with E-state index in [1.54, 1.807) is 12.1 Å². The third-order valence-electron chi connectivity index (χ3n) is 3.74. The number of halogens is 1. The lowest BCUT2D eigenvalue weighted by Gasteiger charge is -2.24. The molecule has 1 saturated heterocycles. The number of nitrogens with zero attached hydrogens (tertiary/aromatic N) is 2. The SMILES string of the molecule is Bc1c(-c2ccc(F)cc2)ncn1C1CCOCC1. The van der Waals surface area contributed by atoms with Crippen molar-refractivity contribution in [2.24, 2.45) is 0 Å². The van der Waals surface area contributed by atoms with Crippen LogP contribution in [0.25, 0.3) is 11.3 Å². The van der Waals surface area contributed by atoms with Gasteiger partial charge in [0.2, 0.25) is 0 Å². The molecule has 2 aromatic rings. The second-order valence-electron chi connectivity index (χ2n) is 4.94. The predicted molar refractivity (Wildman–Crippen MR) is 74.9 cm³/mol. The van der Waals surface area contributed by atoms with Crippen molar-refractivity contribution in [3.8, 4) is 11.3 Å². The Bertz CT molecular complexity index is 561. The molecular weight excluding hydrogens is 242 g/mol. The molecule has 0 spiro atoms. The molecule has 5 heteroatoms. The van der Waals surface area contributed by atoms with Crippen molar-refractivity contribution in [2.75, 3.05) is 13.2 Å². The van der Waals surface area contributed by atoms with Gasteiger partial charge in [0.05, 0.1) is 12.0 Å². The van der Waals surface area contributed by atoms with Crippen molar-refractivity contribution < 1.29 is 9.13 Å². The minimum absolute atomic E-state index is 0.217. The lowest BCUT2D eigenvalue weighted by atomic mass is 9.96. The summed E-state index contributed by atoms with van der Waals surface area (Å²) in [5.41, 5.74) is 3.04. The molecule has 0 unspecified atom stereocenters. The van der Waals surface area contributed by atoms with Gasteiger partial charge in [-0.05, 0) is 42.7 Å². The van der Waals surface area contributed by atoms with Crippen molar-refractivity contribution in [1.29, 1.82) is 0 Å². The minimum Gasteiger partial charge on any atom is -0.381 e. The van der Waals surface area contributed by atoms with E-state index in [1.165, 1.54) is 12.1 Å². The Morgan fingerprint density at radius 3 is 2.58 bits per heavy atom. The van der Waals surface area contributed by atoms with Gasteiger partial charge in [-0.15, -0.1) is 0 Å². The van der Waals surface area contributed by atoms with Crippen molar-refractivity contribution in [1.82, 2.24) is 9.55 Å². The zero-order chi connectivity index (χ0) is 13.2. The van der Waals surface area contributed by atoms with E-state index in [0.29, 0.717) is 6.04 Å². The molecule has 19 heavy (non-hydrogen) atoms. The van der Waals surface area contributed by atoms with Crippen molar-refractivity contribution in [2.45, 2.75) is 18.9 Å². The van der Waals surface area contributed by atoms with Gasteiger partial charge in [-0.3, -0.25) is 0 Å². The molecular formula is C14H16BFN2O. The number of imidazole rings is 1. The summed E-state index contributed by atoms with van der Waals surface area (Å²) < 4.78 is 20.6. The van der Waals surface area contributed by atoms with Gasteiger partial charge in [0.15, 0.2) is 7.85 Å². The molecule has 3 nitrogen and oxygen atoms in total. The smallest absolute Gasteiger partial charge is 0.164 e. The number of rotatable bonds is 2. The molecule has 0 bridgehead atoms. The maximum absolute atomic E-state index is 13.0. The van der Waals surface area contributed by atoms with E-state index in [2.05, 4.69) is 17.4 Å². The Morgan fingerprint density at radius 1 is 1.21 bits per heavy atom. The topological polar surface area (TPSA) is 27.1 Å². The van der Waals surface area contributed by atoms with E-state index in [-0.39, 0.29) is 5.82 Å². The van der Waals surface area contributed by atoms with Gasteiger partial charge in [0, 0.05) is 24.8 Å². The third-order valence-corrected chi connectivity index (χ3v) is 3.74. The molecule has 3 rings (SSSR count).